The molecule has 0 aromatic heterocycles. The van der Waals surface area contributed by atoms with E-state index in [0.29, 0.717) is 10.7 Å². The van der Waals surface area contributed by atoms with E-state index < -0.39 is 10.0 Å². The van der Waals surface area contributed by atoms with Gasteiger partial charge in [0.2, 0.25) is 10.0 Å². The number of halogens is 1. The lowest BCUT2D eigenvalue weighted by molar-refractivity contribution is 0.580. The van der Waals surface area contributed by atoms with Crippen LogP contribution in [0, 0.1) is 0 Å². The van der Waals surface area contributed by atoms with Crippen molar-refractivity contribution < 1.29 is 8.42 Å². The van der Waals surface area contributed by atoms with Crippen molar-refractivity contribution in [2.75, 3.05) is 5.73 Å². The third-order valence-corrected chi connectivity index (χ3v) is 6.54. The van der Waals surface area contributed by atoms with E-state index in [9.17, 15) is 8.42 Å². The maximum absolute atomic E-state index is 12.7. The van der Waals surface area contributed by atoms with Crippen molar-refractivity contribution in [1.29, 1.82) is 0 Å². The molecule has 0 radical (unpaired) electrons. The van der Waals surface area contributed by atoms with Crippen LogP contribution in [-0.4, -0.2) is 14.5 Å². The molecular weight excluding hydrogens is 380 g/mol. The lowest BCUT2D eigenvalue weighted by Crippen LogP contribution is -2.26. The minimum atomic E-state index is -3.56. The summed E-state index contributed by atoms with van der Waals surface area (Å²) in [6, 6.07) is 21.8. The average molecular weight is 399 g/mol. The summed E-state index contributed by atoms with van der Waals surface area (Å²) in [5.74, 6) is 0.177. The second-order valence-corrected chi connectivity index (χ2v) is 8.92. The fourth-order valence-corrected chi connectivity index (χ4v) is 4.64. The van der Waals surface area contributed by atoms with E-state index in [0.717, 1.165) is 23.1 Å². The maximum atomic E-state index is 12.7. The van der Waals surface area contributed by atoms with Gasteiger partial charge >= 0.3 is 0 Å². The van der Waals surface area contributed by atoms with Crippen molar-refractivity contribution in [2.24, 2.45) is 0 Å². The van der Waals surface area contributed by atoms with Gasteiger partial charge in [0.25, 0.3) is 0 Å². The minimum absolute atomic E-state index is 0.0901. The number of nitrogen functional groups attached to an aromatic ring is 1. The first-order valence-electron chi connectivity index (χ1n) is 8.66. The Morgan fingerprint density at radius 2 is 1.56 bits per heavy atom. The molecule has 0 aliphatic heterocycles. The molecule has 4 rings (SSSR count). The number of nitrogens with one attached hydrogen (secondary N) is 1. The third-order valence-electron chi connectivity index (χ3n) is 4.78. The highest BCUT2D eigenvalue weighted by Gasteiger charge is 2.41. The summed E-state index contributed by atoms with van der Waals surface area (Å²) >= 11 is 5.91. The molecule has 1 aliphatic rings. The zero-order valence-electron chi connectivity index (χ0n) is 14.5. The van der Waals surface area contributed by atoms with Crippen LogP contribution in [0.25, 0.3) is 11.1 Å². The van der Waals surface area contributed by atoms with Crippen LogP contribution in [0.15, 0.2) is 77.7 Å². The minimum Gasteiger partial charge on any atom is -0.399 e. The first-order chi connectivity index (χ1) is 12.9. The van der Waals surface area contributed by atoms with Gasteiger partial charge in [-0.1, -0.05) is 48.0 Å². The molecule has 0 heterocycles. The Morgan fingerprint density at radius 3 is 2.19 bits per heavy atom. The van der Waals surface area contributed by atoms with Gasteiger partial charge in [0.05, 0.1) is 4.90 Å². The summed E-state index contributed by atoms with van der Waals surface area (Å²) in [4.78, 5) is 0.262. The quantitative estimate of drug-likeness (QED) is 0.624. The Balaban J connectivity index is 1.47. The van der Waals surface area contributed by atoms with Gasteiger partial charge in [0.15, 0.2) is 0 Å². The number of nitrogens with two attached hydrogens (primary N) is 1. The zero-order valence-corrected chi connectivity index (χ0v) is 16.0. The Bertz CT molecular complexity index is 1060. The molecule has 0 unspecified atom stereocenters. The molecule has 3 aromatic rings. The predicted octanol–water partition coefficient (Wildman–Crippen LogP) is 4.42. The molecule has 0 amide bonds. The Hall–Kier alpha value is -2.34. The van der Waals surface area contributed by atoms with Gasteiger partial charge < -0.3 is 5.73 Å². The van der Waals surface area contributed by atoms with E-state index in [1.165, 1.54) is 0 Å². The van der Waals surface area contributed by atoms with E-state index in [1.54, 1.807) is 24.3 Å². The van der Waals surface area contributed by atoms with Crippen LogP contribution in [0.4, 0.5) is 5.69 Å². The van der Waals surface area contributed by atoms with Crippen LogP contribution in [0.5, 0.6) is 0 Å². The van der Waals surface area contributed by atoms with Gasteiger partial charge in [-0.05, 0) is 59.5 Å². The van der Waals surface area contributed by atoms with Crippen molar-refractivity contribution >= 4 is 27.3 Å². The SMILES string of the molecule is Nc1cccc([C@@H]2C[C@H]2NS(=O)(=O)c2ccc(-c3ccc(Cl)cc3)cc2)c1. The molecular formula is C21H19ClN2O2S. The van der Waals surface area contributed by atoms with Gasteiger partial charge in [0, 0.05) is 22.7 Å². The highest BCUT2D eigenvalue weighted by molar-refractivity contribution is 7.89. The van der Waals surface area contributed by atoms with Crippen LogP contribution in [0.1, 0.15) is 17.9 Å². The van der Waals surface area contributed by atoms with Gasteiger partial charge in [-0.2, -0.15) is 0 Å². The average Bonchev–Trinajstić information content (AvgIpc) is 3.41. The molecule has 0 spiro atoms. The van der Waals surface area contributed by atoms with Crippen LogP contribution >= 0.6 is 11.6 Å². The zero-order chi connectivity index (χ0) is 19.0. The second kappa shape index (κ2) is 7.00. The molecule has 3 aromatic carbocycles. The number of hydrogen-bond donors (Lipinski definition) is 2. The van der Waals surface area contributed by atoms with Gasteiger partial charge in [-0.3, -0.25) is 0 Å². The molecule has 6 heteroatoms. The smallest absolute Gasteiger partial charge is 0.240 e. The Labute approximate surface area is 164 Å². The third kappa shape index (κ3) is 4.00. The molecule has 1 saturated carbocycles. The normalized spacial score (nSPS) is 19.0. The van der Waals surface area contributed by atoms with E-state index in [1.807, 2.05) is 48.5 Å². The topological polar surface area (TPSA) is 72.2 Å². The van der Waals surface area contributed by atoms with Gasteiger partial charge in [-0.15, -0.1) is 0 Å². The van der Waals surface area contributed by atoms with Crippen molar-refractivity contribution in [1.82, 2.24) is 4.72 Å². The van der Waals surface area contributed by atoms with Crippen LogP contribution in [-0.2, 0) is 10.0 Å². The summed E-state index contributed by atoms with van der Waals surface area (Å²) in [5.41, 5.74) is 9.50. The van der Waals surface area contributed by atoms with E-state index in [4.69, 9.17) is 17.3 Å². The summed E-state index contributed by atoms with van der Waals surface area (Å²) in [5, 5.41) is 0.668. The molecule has 2 atom stereocenters. The molecule has 1 fully saturated rings. The summed E-state index contributed by atoms with van der Waals surface area (Å²) in [6.45, 7) is 0. The fourth-order valence-electron chi connectivity index (χ4n) is 3.22. The Morgan fingerprint density at radius 1 is 0.926 bits per heavy atom. The standard InChI is InChI=1S/C21H19ClN2O2S/c22-17-8-4-14(5-9-17)15-6-10-19(11-7-15)27(25,26)24-21-13-20(21)16-2-1-3-18(23)12-16/h1-12,20-21,24H,13,23H2/t20-,21+/m0/s1. The maximum Gasteiger partial charge on any atom is 0.240 e. The number of sulfonamides is 1. The first kappa shape index (κ1) is 18.0. The largest absolute Gasteiger partial charge is 0.399 e. The Kier molecular flexibility index (Phi) is 4.68. The van der Waals surface area contributed by atoms with Gasteiger partial charge in [0.1, 0.15) is 0 Å². The van der Waals surface area contributed by atoms with E-state index in [2.05, 4.69) is 4.72 Å². The molecule has 0 saturated heterocycles. The van der Waals surface area contributed by atoms with E-state index in [-0.39, 0.29) is 16.9 Å². The van der Waals surface area contributed by atoms with Crippen molar-refractivity contribution in [3.63, 3.8) is 0 Å². The monoisotopic (exact) mass is 398 g/mol. The van der Waals surface area contributed by atoms with Crippen molar-refractivity contribution in [3.05, 3.63) is 83.4 Å². The number of rotatable bonds is 5. The predicted molar refractivity (Wildman–Crippen MR) is 109 cm³/mol. The molecule has 27 heavy (non-hydrogen) atoms. The molecule has 138 valence electrons. The first-order valence-corrected chi connectivity index (χ1v) is 10.5. The second-order valence-electron chi connectivity index (χ2n) is 6.77. The van der Waals surface area contributed by atoms with Crippen molar-refractivity contribution in [3.8, 4) is 11.1 Å². The number of anilines is 1. The van der Waals surface area contributed by atoms with Gasteiger partial charge in [-0.25, -0.2) is 13.1 Å². The fraction of sp³-hybridized carbons (Fsp3) is 0.143. The molecule has 4 nitrogen and oxygen atoms in total. The summed E-state index contributed by atoms with van der Waals surface area (Å²) in [6.07, 6.45) is 0.783. The lowest BCUT2D eigenvalue weighted by atomic mass is 10.1. The summed E-state index contributed by atoms with van der Waals surface area (Å²) < 4.78 is 28.1. The van der Waals surface area contributed by atoms with Crippen LogP contribution < -0.4 is 10.5 Å². The number of benzene rings is 3. The lowest BCUT2D eigenvalue weighted by Gasteiger charge is -2.08. The summed E-state index contributed by atoms with van der Waals surface area (Å²) in [7, 11) is -3.56. The highest BCUT2D eigenvalue weighted by atomic mass is 35.5. The van der Waals surface area contributed by atoms with Crippen LogP contribution in [0.3, 0.4) is 0 Å². The van der Waals surface area contributed by atoms with Crippen LogP contribution in [0.2, 0.25) is 5.02 Å². The molecule has 3 N–H and O–H groups in total. The van der Waals surface area contributed by atoms with Crippen molar-refractivity contribution in [2.45, 2.75) is 23.3 Å². The van der Waals surface area contributed by atoms with E-state index >= 15 is 0 Å². The highest BCUT2D eigenvalue weighted by Crippen LogP contribution is 2.42. The molecule has 0 bridgehead atoms. The number of hydrogen-bond acceptors (Lipinski definition) is 3. The molecule has 1 aliphatic carbocycles.